The first-order valence-electron chi connectivity index (χ1n) is 4.76. The summed E-state index contributed by atoms with van der Waals surface area (Å²) >= 11 is 0. The lowest BCUT2D eigenvalue weighted by Gasteiger charge is -2.24. The summed E-state index contributed by atoms with van der Waals surface area (Å²) in [5, 5.41) is 12.0. The van der Waals surface area contributed by atoms with Crippen LogP contribution < -0.4 is 11.1 Å². The van der Waals surface area contributed by atoms with Gasteiger partial charge in [0.2, 0.25) is 0 Å². The fourth-order valence-electron chi connectivity index (χ4n) is 1.08. The van der Waals surface area contributed by atoms with Crippen LogP contribution in [0, 0.1) is 0 Å². The Morgan fingerprint density at radius 1 is 1.53 bits per heavy atom. The first-order valence-corrected chi connectivity index (χ1v) is 4.76. The van der Waals surface area contributed by atoms with Gasteiger partial charge in [0.15, 0.2) is 0 Å². The van der Waals surface area contributed by atoms with Crippen LogP contribution >= 0.6 is 0 Å². The number of rotatable bonds is 3. The second-order valence-corrected chi connectivity index (χ2v) is 4.09. The minimum atomic E-state index is -0.442. The summed E-state index contributed by atoms with van der Waals surface area (Å²) in [4.78, 5) is 11.7. The molecule has 15 heavy (non-hydrogen) atoms. The summed E-state index contributed by atoms with van der Waals surface area (Å²) in [5.41, 5.74) is 5.48. The average Bonchev–Trinajstić information content (AvgIpc) is 2.17. The highest BCUT2D eigenvalue weighted by molar-refractivity contribution is 5.95. The topological polar surface area (TPSA) is 75.3 Å². The van der Waals surface area contributed by atoms with Gasteiger partial charge in [0.1, 0.15) is 5.75 Å². The Hall–Kier alpha value is -1.55. The van der Waals surface area contributed by atoms with Gasteiger partial charge in [-0.2, -0.15) is 0 Å². The number of hydrogen-bond donors (Lipinski definition) is 3. The van der Waals surface area contributed by atoms with Gasteiger partial charge in [-0.3, -0.25) is 4.79 Å². The van der Waals surface area contributed by atoms with Gasteiger partial charge in [0, 0.05) is 17.6 Å². The van der Waals surface area contributed by atoms with Crippen LogP contribution in [-0.2, 0) is 0 Å². The molecule has 4 nitrogen and oxygen atoms in total. The summed E-state index contributed by atoms with van der Waals surface area (Å²) in [6.45, 7) is 4.04. The molecule has 1 aromatic carbocycles. The van der Waals surface area contributed by atoms with Gasteiger partial charge in [0.05, 0.1) is 0 Å². The minimum absolute atomic E-state index is 0.0770. The molecule has 0 heterocycles. The molecular weight excluding hydrogens is 192 g/mol. The molecule has 0 fully saturated rings. The van der Waals surface area contributed by atoms with Crippen molar-refractivity contribution < 1.29 is 9.90 Å². The number of nitrogens with two attached hydrogens (primary N) is 1. The molecule has 82 valence electrons. The standard InChI is InChI=1S/C11H16N2O2/c1-11(2,7-12)13-10(15)8-4-3-5-9(14)6-8/h3-6,14H,7,12H2,1-2H3,(H,13,15). The first kappa shape index (κ1) is 11.5. The van der Waals surface area contributed by atoms with E-state index in [0.717, 1.165) is 0 Å². The largest absolute Gasteiger partial charge is 0.508 e. The molecule has 0 unspecified atom stereocenters. The molecule has 0 spiro atoms. The highest BCUT2D eigenvalue weighted by Crippen LogP contribution is 2.11. The van der Waals surface area contributed by atoms with Crippen molar-refractivity contribution in [2.45, 2.75) is 19.4 Å². The highest BCUT2D eigenvalue weighted by Gasteiger charge is 2.19. The number of phenolic OH excluding ortho intramolecular Hbond substituents is 1. The molecule has 1 rings (SSSR count). The lowest BCUT2D eigenvalue weighted by atomic mass is 10.1. The molecule has 0 aliphatic carbocycles. The number of nitrogens with one attached hydrogen (secondary N) is 1. The molecule has 0 aromatic heterocycles. The normalized spacial score (nSPS) is 11.1. The average molecular weight is 208 g/mol. The van der Waals surface area contributed by atoms with Gasteiger partial charge in [-0.05, 0) is 32.0 Å². The molecule has 0 atom stereocenters. The van der Waals surface area contributed by atoms with Crippen molar-refractivity contribution in [1.29, 1.82) is 0 Å². The van der Waals surface area contributed by atoms with Crippen LogP contribution in [0.25, 0.3) is 0 Å². The number of aromatic hydroxyl groups is 1. The molecule has 0 bridgehead atoms. The van der Waals surface area contributed by atoms with Gasteiger partial charge in [-0.15, -0.1) is 0 Å². The van der Waals surface area contributed by atoms with Crippen LogP contribution in [0.3, 0.4) is 0 Å². The molecule has 1 amide bonds. The molecular formula is C11H16N2O2. The van der Waals surface area contributed by atoms with E-state index < -0.39 is 5.54 Å². The summed E-state index contributed by atoms with van der Waals surface area (Å²) in [5.74, 6) is -0.158. The van der Waals surface area contributed by atoms with E-state index in [1.165, 1.54) is 12.1 Å². The Morgan fingerprint density at radius 2 is 2.20 bits per heavy atom. The van der Waals surface area contributed by atoms with Crippen molar-refractivity contribution in [3.8, 4) is 5.75 Å². The van der Waals surface area contributed by atoms with Gasteiger partial charge in [0.25, 0.3) is 5.91 Å². The fourth-order valence-corrected chi connectivity index (χ4v) is 1.08. The van der Waals surface area contributed by atoms with Gasteiger partial charge >= 0.3 is 0 Å². The third-order valence-corrected chi connectivity index (χ3v) is 2.07. The Labute approximate surface area is 89.1 Å². The van der Waals surface area contributed by atoms with E-state index in [4.69, 9.17) is 5.73 Å². The van der Waals surface area contributed by atoms with Crippen LogP contribution in [0.15, 0.2) is 24.3 Å². The Morgan fingerprint density at radius 3 is 2.73 bits per heavy atom. The monoisotopic (exact) mass is 208 g/mol. The third-order valence-electron chi connectivity index (χ3n) is 2.07. The van der Waals surface area contributed by atoms with Crippen molar-refractivity contribution in [3.63, 3.8) is 0 Å². The van der Waals surface area contributed by atoms with Crippen molar-refractivity contribution in [3.05, 3.63) is 29.8 Å². The smallest absolute Gasteiger partial charge is 0.251 e. The van der Waals surface area contributed by atoms with Gasteiger partial charge in [-0.25, -0.2) is 0 Å². The molecule has 0 aliphatic heterocycles. The predicted molar refractivity (Wildman–Crippen MR) is 58.7 cm³/mol. The Bertz CT molecular complexity index is 361. The maximum Gasteiger partial charge on any atom is 0.251 e. The van der Waals surface area contributed by atoms with Crippen molar-refractivity contribution in [1.82, 2.24) is 5.32 Å². The number of amides is 1. The van der Waals surface area contributed by atoms with E-state index in [0.29, 0.717) is 12.1 Å². The van der Waals surface area contributed by atoms with Crippen LogP contribution in [-0.4, -0.2) is 23.1 Å². The van der Waals surface area contributed by atoms with E-state index in [1.807, 2.05) is 13.8 Å². The molecule has 1 aromatic rings. The maximum atomic E-state index is 11.7. The molecule has 0 aliphatic rings. The van der Waals surface area contributed by atoms with E-state index >= 15 is 0 Å². The van der Waals surface area contributed by atoms with Crippen LogP contribution in [0.2, 0.25) is 0 Å². The molecule has 0 radical (unpaired) electrons. The summed E-state index contributed by atoms with van der Waals surface area (Å²) in [6.07, 6.45) is 0. The number of carbonyl (C=O) groups excluding carboxylic acids is 1. The molecule has 4 N–H and O–H groups in total. The Kier molecular flexibility index (Phi) is 3.31. The van der Waals surface area contributed by atoms with E-state index in [-0.39, 0.29) is 11.7 Å². The van der Waals surface area contributed by atoms with Crippen molar-refractivity contribution in [2.24, 2.45) is 5.73 Å². The van der Waals surface area contributed by atoms with E-state index in [9.17, 15) is 9.90 Å². The van der Waals surface area contributed by atoms with Crippen LogP contribution in [0.5, 0.6) is 5.75 Å². The molecule has 0 saturated heterocycles. The summed E-state index contributed by atoms with van der Waals surface area (Å²) in [7, 11) is 0. The van der Waals surface area contributed by atoms with Crippen molar-refractivity contribution in [2.75, 3.05) is 6.54 Å². The Balaban J connectivity index is 2.78. The highest BCUT2D eigenvalue weighted by atomic mass is 16.3. The van der Waals surface area contributed by atoms with E-state index in [1.54, 1.807) is 12.1 Å². The van der Waals surface area contributed by atoms with Gasteiger partial charge < -0.3 is 16.2 Å². The zero-order chi connectivity index (χ0) is 11.5. The minimum Gasteiger partial charge on any atom is -0.508 e. The lowest BCUT2D eigenvalue weighted by molar-refractivity contribution is 0.0915. The fraction of sp³-hybridized carbons (Fsp3) is 0.364. The van der Waals surface area contributed by atoms with Crippen LogP contribution in [0.1, 0.15) is 24.2 Å². The summed E-state index contributed by atoms with van der Waals surface area (Å²) < 4.78 is 0. The first-order chi connectivity index (χ1) is 6.94. The lowest BCUT2D eigenvalue weighted by Crippen LogP contribution is -2.48. The predicted octanol–water partition coefficient (Wildman–Crippen LogP) is 0.859. The second kappa shape index (κ2) is 4.31. The zero-order valence-corrected chi connectivity index (χ0v) is 8.95. The van der Waals surface area contributed by atoms with Gasteiger partial charge in [-0.1, -0.05) is 6.07 Å². The van der Waals surface area contributed by atoms with Crippen molar-refractivity contribution >= 4 is 5.91 Å². The van der Waals surface area contributed by atoms with Crippen LogP contribution in [0.4, 0.5) is 0 Å². The van der Waals surface area contributed by atoms with E-state index in [2.05, 4.69) is 5.32 Å². The third kappa shape index (κ3) is 3.25. The summed E-state index contributed by atoms with van der Waals surface area (Å²) in [6, 6.07) is 6.20. The number of hydrogen-bond acceptors (Lipinski definition) is 3. The molecule has 4 heteroatoms. The number of benzene rings is 1. The number of phenols is 1. The number of carbonyl (C=O) groups is 1. The second-order valence-electron chi connectivity index (χ2n) is 4.09. The molecule has 0 saturated carbocycles. The SMILES string of the molecule is CC(C)(CN)NC(=O)c1cccc(O)c1. The maximum absolute atomic E-state index is 11.7. The zero-order valence-electron chi connectivity index (χ0n) is 8.95. The quantitative estimate of drug-likeness (QED) is 0.689.